The summed E-state index contributed by atoms with van der Waals surface area (Å²) in [6.07, 6.45) is 5.58. The number of pyridine rings is 1. The second kappa shape index (κ2) is 4.56. The van der Waals surface area contributed by atoms with Crippen LogP contribution in [0.5, 0.6) is 0 Å². The molecule has 0 aliphatic heterocycles. The molecule has 1 fully saturated rings. The predicted octanol–water partition coefficient (Wildman–Crippen LogP) is 2.12. The largest absolute Gasteiger partial charge is 0.299 e. The summed E-state index contributed by atoms with van der Waals surface area (Å²) < 4.78 is 0. The normalized spacial score (nSPS) is 25.4. The van der Waals surface area contributed by atoms with E-state index in [-0.39, 0.29) is 17.5 Å². The Balaban J connectivity index is 2.15. The number of aromatic nitrogens is 1. The smallest absolute Gasteiger partial charge is 0.143 e. The van der Waals surface area contributed by atoms with Gasteiger partial charge in [0.25, 0.3) is 0 Å². The zero-order valence-corrected chi connectivity index (χ0v) is 9.35. The highest BCUT2D eigenvalue weighted by atomic mass is 16.1. The van der Waals surface area contributed by atoms with Crippen molar-refractivity contribution in [1.82, 2.24) is 4.98 Å². The van der Waals surface area contributed by atoms with Crippen molar-refractivity contribution < 1.29 is 9.59 Å². The molecule has 1 aliphatic carbocycles. The van der Waals surface area contributed by atoms with Crippen LogP contribution in [0.25, 0.3) is 0 Å². The Morgan fingerprint density at radius 2 is 2.31 bits per heavy atom. The molecule has 0 unspecified atom stereocenters. The predicted molar refractivity (Wildman–Crippen MR) is 60.0 cm³/mol. The van der Waals surface area contributed by atoms with Gasteiger partial charge in [0, 0.05) is 18.8 Å². The van der Waals surface area contributed by atoms with Crippen molar-refractivity contribution in [2.45, 2.75) is 32.1 Å². The number of hydrogen-bond acceptors (Lipinski definition) is 3. The SMILES string of the molecule is CC(=O)[C@@H]1C[C@H](c2cccnc2)CCC1=O. The van der Waals surface area contributed by atoms with Gasteiger partial charge in [0.15, 0.2) is 0 Å². The molecular weight excluding hydrogens is 202 g/mol. The van der Waals surface area contributed by atoms with E-state index in [1.807, 2.05) is 18.3 Å². The van der Waals surface area contributed by atoms with E-state index in [1.165, 1.54) is 6.92 Å². The van der Waals surface area contributed by atoms with Gasteiger partial charge in [-0.05, 0) is 37.3 Å². The minimum atomic E-state index is -0.390. The highest BCUT2D eigenvalue weighted by molar-refractivity contribution is 6.01. The molecule has 0 spiro atoms. The van der Waals surface area contributed by atoms with Crippen molar-refractivity contribution in [3.05, 3.63) is 30.1 Å². The first-order valence-corrected chi connectivity index (χ1v) is 5.61. The van der Waals surface area contributed by atoms with E-state index in [0.29, 0.717) is 18.8 Å². The van der Waals surface area contributed by atoms with E-state index >= 15 is 0 Å². The first kappa shape index (κ1) is 11.0. The van der Waals surface area contributed by atoms with Crippen LogP contribution >= 0.6 is 0 Å². The van der Waals surface area contributed by atoms with Gasteiger partial charge >= 0.3 is 0 Å². The van der Waals surface area contributed by atoms with Crippen LogP contribution in [0.15, 0.2) is 24.5 Å². The van der Waals surface area contributed by atoms with E-state index in [0.717, 1.165) is 12.0 Å². The fourth-order valence-electron chi connectivity index (χ4n) is 2.34. The van der Waals surface area contributed by atoms with Gasteiger partial charge < -0.3 is 0 Å². The average Bonchev–Trinajstić information content (AvgIpc) is 2.30. The molecule has 1 aliphatic rings. The molecule has 3 nitrogen and oxygen atoms in total. The molecular formula is C13H15NO2. The van der Waals surface area contributed by atoms with Crippen molar-refractivity contribution in [1.29, 1.82) is 0 Å². The number of rotatable bonds is 2. The Bertz CT molecular complexity index is 400. The molecule has 1 aromatic rings. The van der Waals surface area contributed by atoms with Gasteiger partial charge in [0.05, 0.1) is 5.92 Å². The Labute approximate surface area is 94.9 Å². The van der Waals surface area contributed by atoms with Crippen LogP contribution in [-0.4, -0.2) is 16.6 Å². The molecule has 0 aromatic carbocycles. The summed E-state index contributed by atoms with van der Waals surface area (Å²) in [5, 5.41) is 0. The topological polar surface area (TPSA) is 47.0 Å². The number of carbonyl (C=O) groups is 2. The monoisotopic (exact) mass is 217 g/mol. The molecule has 0 N–H and O–H groups in total. The maximum Gasteiger partial charge on any atom is 0.143 e. The molecule has 2 rings (SSSR count). The minimum Gasteiger partial charge on any atom is -0.299 e. The van der Waals surface area contributed by atoms with Gasteiger partial charge in [0.1, 0.15) is 11.6 Å². The van der Waals surface area contributed by atoms with Gasteiger partial charge in [-0.1, -0.05) is 6.07 Å². The third-order valence-corrected chi connectivity index (χ3v) is 3.29. The Kier molecular flexibility index (Phi) is 3.13. The molecule has 0 amide bonds. The van der Waals surface area contributed by atoms with Crippen molar-refractivity contribution in [2.75, 3.05) is 0 Å². The number of ketones is 2. The maximum atomic E-state index is 11.6. The van der Waals surface area contributed by atoms with Crippen molar-refractivity contribution in [2.24, 2.45) is 5.92 Å². The summed E-state index contributed by atoms with van der Waals surface area (Å²) in [5.41, 5.74) is 1.14. The first-order valence-electron chi connectivity index (χ1n) is 5.61. The first-order chi connectivity index (χ1) is 7.68. The van der Waals surface area contributed by atoms with Crippen LogP contribution in [-0.2, 0) is 9.59 Å². The maximum absolute atomic E-state index is 11.6. The summed E-state index contributed by atoms with van der Waals surface area (Å²) in [4.78, 5) is 27.0. The van der Waals surface area contributed by atoms with Crippen LogP contribution in [0, 0.1) is 5.92 Å². The highest BCUT2D eigenvalue weighted by Gasteiger charge is 2.32. The lowest BCUT2D eigenvalue weighted by Crippen LogP contribution is -2.29. The average molecular weight is 217 g/mol. The molecule has 1 aromatic heterocycles. The van der Waals surface area contributed by atoms with E-state index < -0.39 is 0 Å². The van der Waals surface area contributed by atoms with E-state index in [1.54, 1.807) is 6.20 Å². The van der Waals surface area contributed by atoms with Gasteiger partial charge in [0.2, 0.25) is 0 Å². The second-order valence-electron chi connectivity index (χ2n) is 4.39. The zero-order chi connectivity index (χ0) is 11.5. The summed E-state index contributed by atoms with van der Waals surface area (Å²) in [7, 11) is 0. The zero-order valence-electron chi connectivity index (χ0n) is 9.35. The van der Waals surface area contributed by atoms with E-state index in [4.69, 9.17) is 0 Å². The number of Topliss-reactive ketones (excluding diaryl/α,β-unsaturated/α-hetero) is 2. The lowest BCUT2D eigenvalue weighted by atomic mass is 9.76. The molecule has 1 heterocycles. The third-order valence-electron chi connectivity index (χ3n) is 3.29. The minimum absolute atomic E-state index is 0.00131. The van der Waals surface area contributed by atoms with Gasteiger partial charge in [-0.3, -0.25) is 14.6 Å². The van der Waals surface area contributed by atoms with E-state index in [9.17, 15) is 9.59 Å². The lowest BCUT2D eigenvalue weighted by Gasteiger charge is -2.26. The summed E-state index contributed by atoms with van der Waals surface area (Å²) >= 11 is 0. The van der Waals surface area contributed by atoms with Crippen LogP contribution < -0.4 is 0 Å². The third kappa shape index (κ3) is 2.18. The summed E-state index contributed by atoms with van der Waals surface area (Å²) in [6.45, 7) is 1.51. The molecule has 0 radical (unpaired) electrons. The van der Waals surface area contributed by atoms with Gasteiger partial charge in [-0.15, -0.1) is 0 Å². The summed E-state index contributed by atoms with van der Waals surface area (Å²) in [5.74, 6) is 0.0190. The van der Waals surface area contributed by atoms with Crippen LogP contribution in [0.2, 0.25) is 0 Å². The summed E-state index contributed by atoms with van der Waals surface area (Å²) in [6, 6.07) is 3.92. The molecule has 0 saturated heterocycles. The van der Waals surface area contributed by atoms with E-state index in [2.05, 4.69) is 4.98 Å². The molecule has 2 atom stereocenters. The van der Waals surface area contributed by atoms with Gasteiger partial charge in [-0.25, -0.2) is 0 Å². The molecule has 0 bridgehead atoms. The van der Waals surface area contributed by atoms with Crippen molar-refractivity contribution >= 4 is 11.6 Å². The Morgan fingerprint density at radius 3 is 2.94 bits per heavy atom. The Morgan fingerprint density at radius 1 is 1.50 bits per heavy atom. The lowest BCUT2D eigenvalue weighted by molar-refractivity contribution is -0.133. The van der Waals surface area contributed by atoms with Crippen molar-refractivity contribution in [3.8, 4) is 0 Å². The molecule has 84 valence electrons. The second-order valence-corrected chi connectivity index (χ2v) is 4.39. The highest BCUT2D eigenvalue weighted by Crippen LogP contribution is 2.34. The van der Waals surface area contributed by atoms with Crippen molar-refractivity contribution in [3.63, 3.8) is 0 Å². The van der Waals surface area contributed by atoms with Crippen LogP contribution in [0.3, 0.4) is 0 Å². The number of carbonyl (C=O) groups excluding carboxylic acids is 2. The fraction of sp³-hybridized carbons (Fsp3) is 0.462. The standard InChI is InChI=1S/C13H15NO2/c1-9(15)12-7-10(4-5-13(12)16)11-3-2-6-14-8-11/h2-3,6,8,10,12H,4-5,7H2,1H3/t10-,12+/m1/s1. The number of nitrogens with zero attached hydrogens (tertiary/aromatic N) is 1. The molecule has 1 saturated carbocycles. The molecule has 16 heavy (non-hydrogen) atoms. The van der Waals surface area contributed by atoms with Crippen LogP contribution in [0.1, 0.15) is 37.7 Å². The van der Waals surface area contributed by atoms with Gasteiger partial charge in [-0.2, -0.15) is 0 Å². The number of hydrogen-bond donors (Lipinski definition) is 0. The van der Waals surface area contributed by atoms with Crippen LogP contribution in [0.4, 0.5) is 0 Å². The fourth-order valence-corrected chi connectivity index (χ4v) is 2.34. The Hall–Kier alpha value is -1.51. The molecule has 3 heteroatoms. The quantitative estimate of drug-likeness (QED) is 0.713.